The van der Waals surface area contributed by atoms with E-state index >= 15 is 0 Å². The summed E-state index contributed by atoms with van der Waals surface area (Å²) in [6, 6.07) is 1.50. The summed E-state index contributed by atoms with van der Waals surface area (Å²) in [5, 5.41) is 9.66. The van der Waals surface area contributed by atoms with Crippen molar-refractivity contribution in [2.75, 3.05) is 26.3 Å². The molecule has 0 saturated heterocycles. The van der Waals surface area contributed by atoms with Crippen LogP contribution in [0.5, 0.6) is 5.75 Å². The highest BCUT2D eigenvalue weighted by Crippen LogP contribution is 2.09. The zero-order chi connectivity index (χ0) is 16.4. The first kappa shape index (κ1) is 18.2. The number of hydrogen-bond acceptors (Lipinski definition) is 4. The van der Waals surface area contributed by atoms with E-state index in [4.69, 9.17) is 4.74 Å². The maximum absolute atomic E-state index is 11.7. The van der Waals surface area contributed by atoms with Gasteiger partial charge in [0.15, 0.2) is 5.75 Å². The minimum Gasteiger partial charge on any atom is -0.503 e. The molecule has 1 aromatic rings. The van der Waals surface area contributed by atoms with Gasteiger partial charge in [0.2, 0.25) is 5.43 Å². The molecule has 5 nitrogen and oxygen atoms in total. The van der Waals surface area contributed by atoms with Crippen molar-refractivity contribution in [3.8, 4) is 5.75 Å². The van der Waals surface area contributed by atoms with Crippen LogP contribution in [0.4, 0.5) is 0 Å². The first-order chi connectivity index (χ1) is 10.6. The molecule has 0 unspecified atom stereocenters. The van der Waals surface area contributed by atoms with E-state index in [9.17, 15) is 9.90 Å². The Morgan fingerprint density at radius 2 is 2.05 bits per heavy atom. The lowest BCUT2D eigenvalue weighted by atomic mass is 10.2. The Bertz CT molecular complexity index is 527. The first-order valence-electron chi connectivity index (χ1n) is 7.56. The van der Waals surface area contributed by atoms with Gasteiger partial charge in [0, 0.05) is 51.2 Å². The van der Waals surface area contributed by atoms with Crippen molar-refractivity contribution in [2.24, 2.45) is 0 Å². The Hall–Kier alpha value is -1.85. The third kappa shape index (κ3) is 5.87. The molecule has 0 aromatic carbocycles. The lowest BCUT2D eigenvalue weighted by molar-refractivity contribution is 0.141. The zero-order valence-corrected chi connectivity index (χ0v) is 13.3. The molecule has 0 spiro atoms. The minimum atomic E-state index is -0.354. The smallest absolute Gasteiger partial charge is 0.223 e. The van der Waals surface area contributed by atoms with Gasteiger partial charge in [-0.05, 0) is 13.3 Å². The third-order valence-electron chi connectivity index (χ3n) is 3.25. The van der Waals surface area contributed by atoms with Crippen LogP contribution in [0.2, 0.25) is 0 Å². The van der Waals surface area contributed by atoms with Crippen LogP contribution in [0.1, 0.15) is 19.0 Å². The molecule has 0 saturated carbocycles. The average Bonchev–Trinajstić information content (AvgIpc) is 2.48. The maximum Gasteiger partial charge on any atom is 0.223 e. The molecule has 1 heterocycles. The van der Waals surface area contributed by atoms with Gasteiger partial charge in [0.25, 0.3) is 0 Å². The molecule has 0 bridgehead atoms. The van der Waals surface area contributed by atoms with Crippen LogP contribution in [0.3, 0.4) is 0 Å². The van der Waals surface area contributed by atoms with Crippen LogP contribution in [0, 0.1) is 0 Å². The molecule has 0 radical (unpaired) electrons. The van der Waals surface area contributed by atoms with Crippen molar-refractivity contribution in [3.63, 3.8) is 0 Å². The number of nitrogens with zero attached hydrogens (tertiary/aromatic N) is 2. The van der Waals surface area contributed by atoms with Gasteiger partial charge in [-0.15, -0.1) is 13.2 Å². The predicted molar refractivity (Wildman–Crippen MR) is 89.1 cm³/mol. The molecule has 1 aromatic heterocycles. The van der Waals surface area contributed by atoms with Gasteiger partial charge in [-0.25, -0.2) is 0 Å². The van der Waals surface area contributed by atoms with Crippen molar-refractivity contribution in [1.82, 2.24) is 9.47 Å². The summed E-state index contributed by atoms with van der Waals surface area (Å²) in [7, 11) is 0. The van der Waals surface area contributed by atoms with E-state index in [-0.39, 0.29) is 11.2 Å². The van der Waals surface area contributed by atoms with Crippen LogP contribution >= 0.6 is 0 Å². The summed E-state index contributed by atoms with van der Waals surface area (Å²) >= 11 is 0. The third-order valence-corrected chi connectivity index (χ3v) is 3.25. The van der Waals surface area contributed by atoms with Crippen molar-refractivity contribution in [2.45, 2.75) is 26.4 Å². The Balaban J connectivity index is 2.89. The summed E-state index contributed by atoms with van der Waals surface area (Å²) in [5.41, 5.74) is 0.510. The van der Waals surface area contributed by atoms with Crippen LogP contribution < -0.4 is 5.43 Å². The highest BCUT2D eigenvalue weighted by molar-refractivity contribution is 5.20. The monoisotopic (exact) mass is 306 g/mol. The standard InChI is InChI=1S/C17H26N2O3/c1-4-8-18(9-5-2)13-15-12-16(20)17(21)14-19(15)10-7-11-22-6-3/h4-5,12,14,21H,1-2,6-11,13H2,3H3. The van der Waals surface area contributed by atoms with Gasteiger partial charge in [-0.3, -0.25) is 9.69 Å². The first-order valence-corrected chi connectivity index (χ1v) is 7.56. The number of hydrogen-bond donors (Lipinski definition) is 1. The molecule has 22 heavy (non-hydrogen) atoms. The number of ether oxygens (including phenoxy) is 1. The fourth-order valence-electron chi connectivity index (χ4n) is 2.23. The second-order valence-corrected chi connectivity index (χ2v) is 5.03. The summed E-state index contributed by atoms with van der Waals surface area (Å²) in [5.74, 6) is -0.223. The summed E-state index contributed by atoms with van der Waals surface area (Å²) in [6.45, 7) is 13.5. The number of rotatable bonds is 11. The Morgan fingerprint density at radius 3 is 2.64 bits per heavy atom. The van der Waals surface area contributed by atoms with Gasteiger partial charge in [0.1, 0.15) is 0 Å². The lowest BCUT2D eigenvalue weighted by Crippen LogP contribution is -2.26. The van der Waals surface area contributed by atoms with Gasteiger partial charge in [-0.1, -0.05) is 12.2 Å². The molecule has 0 aliphatic heterocycles. The van der Waals surface area contributed by atoms with Gasteiger partial charge in [0.05, 0.1) is 6.20 Å². The summed E-state index contributed by atoms with van der Waals surface area (Å²) < 4.78 is 7.24. The van der Waals surface area contributed by atoms with E-state index in [1.165, 1.54) is 12.3 Å². The largest absolute Gasteiger partial charge is 0.503 e. The second-order valence-electron chi connectivity index (χ2n) is 5.03. The SMILES string of the molecule is C=CCN(CC=C)Cc1cc(=O)c(O)cn1CCCOCC. The number of aromatic nitrogens is 1. The molecule has 122 valence electrons. The van der Waals surface area contributed by atoms with Crippen molar-refractivity contribution >= 4 is 0 Å². The Kier molecular flexibility index (Phi) is 8.25. The van der Waals surface area contributed by atoms with E-state index in [1.54, 1.807) is 0 Å². The number of aromatic hydroxyl groups is 1. The molecule has 0 atom stereocenters. The Labute approximate surface area is 132 Å². The lowest BCUT2D eigenvalue weighted by Gasteiger charge is -2.22. The van der Waals surface area contributed by atoms with Gasteiger partial charge < -0.3 is 14.4 Å². The number of aryl methyl sites for hydroxylation is 1. The minimum absolute atomic E-state index is 0.223. The molecule has 0 aliphatic rings. The van der Waals surface area contributed by atoms with Crippen LogP contribution in [0.25, 0.3) is 0 Å². The molecule has 5 heteroatoms. The molecule has 1 rings (SSSR count). The fourth-order valence-corrected chi connectivity index (χ4v) is 2.23. The van der Waals surface area contributed by atoms with E-state index in [2.05, 4.69) is 18.1 Å². The van der Waals surface area contributed by atoms with E-state index in [1.807, 2.05) is 23.6 Å². The zero-order valence-electron chi connectivity index (χ0n) is 13.3. The highest BCUT2D eigenvalue weighted by Gasteiger charge is 2.09. The Morgan fingerprint density at radius 1 is 1.36 bits per heavy atom. The molecule has 0 aliphatic carbocycles. The highest BCUT2D eigenvalue weighted by atomic mass is 16.5. The fraction of sp³-hybridized carbons (Fsp3) is 0.471. The van der Waals surface area contributed by atoms with Gasteiger partial charge in [-0.2, -0.15) is 0 Å². The molecular weight excluding hydrogens is 280 g/mol. The second kappa shape index (κ2) is 9.97. The van der Waals surface area contributed by atoms with Crippen LogP contribution in [0.15, 0.2) is 42.4 Å². The van der Waals surface area contributed by atoms with Crippen molar-refractivity contribution in [3.05, 3.63) is 53.5 Å². The molecule has 1 N–H and O–H groups in total. The van der Waals surface area contributed by atoms with Crippen LogP contribution in [-0.2, 0) is 17.8 Å². The quantitative estimate of drug-likeness (QED) is 0.503. The van der Waals surface area contributed by atoms with Crippen LogP contribution in [-0.4, -0.2) is 40.9 Å². The number of pyridine rings is 1. The molecular formula is C17H26N2O3. The normalized spacial score (nSPS) is 10.8. The molecule has 0 amide bonds. The average molecular weight is 306 g/mol. The summed E-state index contributed by atoms with van der Waals surface area (Å²) in [4.78, 5) is 13.8. The van der Waals surface area contributed by atoms with E-state index < -0.39 is 0 Å². The predicted octanol–water partition coefficient (Wildman–Crippen LogP) is 2.15. The topological polar surface area (TPSA) is 54.7 Å². The van der Waals surface area contributed by atoms with Crippen molar-refractivity contribution < 1.29 is 9.84 Å². The maximum atomic E-state index is 11.7. The van der Waals surface area contributed by atoms with E-state index in [0.717, 1.165) is 12.1 Å². The van der Waals surface area contributed by atoms with E-state index in [0.29, 0.717) is 39.4 Å². The molecule has 0 fully saturated rings. The van der Waals surface area contributed by atoms with Gasteiger partial charge >= 0.3 is 0 Å². The van der Waals surface area contributed by atoms with Crippen molar-refractivity contribution in [1.29, 1.82) is 0 Å². The summed E-state index contributed by atoms with van der Waals surface area (Å²) in [6.07, 6.45) is 5.97.